The van der Waals surface area contributed by atoms with E-state index >= 15 is 0 Å². The van der Waals surface area contributed by atoms with Crippen LogP contribution in [0.2, 0.25) is 5.02 Å². The second-order valence-corrected chi connectivity index (χ2v) is 13.0. The molecule has 2 aliphatic heterocycles. The summed E-state index contributed by atoms with van der Waals surface area (Å²) in [5, 5.41) is 11.2. The molecule has 0 saturated carbocycles. The summed E-state index contributed by atoms with van der Waals surface area (Å²) in [7, 11) is -0.251. The second kappa shape index (κ2) is 11.5. The van der Waals surface area contributed by atoms with Gasteiger partial charge in [-0.15, -0.1) is 0 Å². The fourth-order valence-electron chi connectivity index (χ4n) is 5.49. The molecular formula is C28H34ClN5O5S. The zero-order chi connectivity index (χ0) is 28.5. The van der Waals surface area contributed by atoms with Crippen LogP contribution >= 0.6 is 11.6 Å². The minimum atomic E-state index is -3.95. The van der Waals surface area contributed by atoms with Crippen molar-refractivity contribution in [3.63, 3.8) is 0 Å². The Kier molecular flexibility index (Phi) is 8.21. The lowest BCUT2D eigenvalue weighted by atomic mass is 9.78. The van der Waals surface area contributed by atoms with Crippen molar-refractivity contribution in [3.8, 4) is 16.9 Å². The molecule has 1 atom stereocenters. The first kappa shape index (κ1) is 28.6. The van der Waals surface area contributed by atoms with Crippen LogP contribution in [0.25, 0.3) is 11.1 Å². The molecular weight excluding hydrogens is 554 g/mol. The number of carbonyl (C=O) groups excluding carboxylic acids is 1. The summed E-state index contributed by atoms with van der Waals surface area (Å²) in [6.45, 7) is 2.08. The lowest BCUT2D eigenvalue weighted by Gasteiger charge is -2.43. The number of amides is 1. The number of nitrogens with zero attached hydrogens (tertiary/aromatic N) is 4. The number of carbonyl (C=O) groups is 1. The van der Waals surface area contributed by atoms with Gasteiger partial charge in [0.1, 0.15) is 10.6 Å². The van der Waals surface area contributed by atoms with Crippen LogP contribution in [-0.2, 0) is 17.1 Å². The lowest BCUT2D eigenvalue weighted by Crippen LogP contribution is -2.51. The number of benzene rings is 2. The van der Waals surface area contributed by atoms with Crippen molar-refractivity contribution in [2.75, 3.05) is 46.4 Å². The van der Waals surface area contributed by atoms with Gasteiger partial charge in [0.2, 0.25) is 10.0 Å². The molecule has 2 aliphatic rings. The average molecular weight is 588 g/mol. The number of hydrogen-bond acceptors (Lipinski definition) is 7. The number of aliphatic hydroxyl groups is 1. The Morgan fingerprint density at radius 3 is 2.50 bits per heavy atom. The highest BCUT2D eigenvalue weighted by atomic mass is 35.5. The number of piperidine rings is 1. The van der Waals surface area contributed by atoms with E-state index in [1.165, 1.54) is 6.07 Å². The van der Waals surface area contributed by atoms with E-state index in [1.54, 1.807) is 53.2 Å². The minimum absolute atomic E-state index is 0.0175. The smallest absolute Gasteiger partial charge is 0.289 e. The molecule has 3 aromatic rings. The topological polar surface area (TPSA) is 117 Å². The summed E-state index contributed by atoms with van der Waals surface area (Å²) in [5.74, 6) is 0.520. The van der Waals surface area contributed by atoms with E-state index in [2.05, 4.69) is 9.71 Å². The van der Waals surface area contributed by atoms with Crippen LogP contribution in [0.5, 0.6) is 5.75 Å². The zero-order valence-electron chi connectivity index (χ0n) is 22.6. The van der Waals surface area contributed by atoms with Crippen LogP contribution in [0.3, 0.4) is 0 Å². The molecule has 1 unspecified atom stereocenters. The molecule has 2 N–H and O–H groups in total. The van der Waals surface area contributed by atoms with Crippen LogP contribution in [0, 0.1) is 5.41 Å². The molecule has 5 rings (SSSR count). The molecule has 3 heterocycles. The van der Waals surface area contributed by atoms with Gasteiger partial charge in [-0.05, 0) is 55.3 Å². The Morgan fingerprint density at radius 2 is 1.82 bits per heavy atom. The lowest BCUT2D eigenvalue weighted by molar-refractivity contribution is 0.0154. The number of nitrogens with one attached hydrogen (secondary N) is 1. The van der Waals surface area contributed by atoms with Crippen molar-refractivity contribution in [1.29, 1.82) is 0 Å². The van der Waals surface area contributed by atoms with E-state index < -0.39 is 16.1 Å². The van der Waals surface area contributed by atoms with Gasteiger partial charge < -0.3 is 24.2 Å². The minimum Gasteiger partial charge on any atom is -0.492 e. The van der Waals surface area contributed by atoms with Gasteiger partial charge in [-0.1, -0.05) is 29.8 Å². The maximum Gasteiger partial charge on any atom is 0.289 e. The fourth-order valence-corrected chi connectivity index (χ4v) is 6.81. The predicted molar refractivity (Wildman–Crippen MR) is 152 cm³/mol. The number of fused-ring (bicyclic) bond motifs is 1. The number of aryl methyl sites for hydroxylation is 1. The number of halogens is 1. The Labute approximate surface area is 239 Å². The normalized spacial score (nSPS) is 21.6. The maximum absolute atomic E-state index is 13.3. The van der Waals surface area contributed by atoms with E-state index in [0.29, 0.717) is 49.9 Å². The first-order valence-electron chi connectivity index (χ1n) is 13.2. The van der Waals surface area contributed by atoms with Gasteiger partial charge in [0.05, 0.1) is 12.7 Å². The third kappa shape index (κ3) is 6.18. The van der Waals surface area contributed by atoms with E-state index in [4.69, 9.17) is 16.3 Å². The molecule has 1 aromatic heterocycles. The average Bonchev–Trinajstić information content (AvgIpc) is 3.36. The summed E-state index contributed by atoms with van der Waals surface area (Å²) < 4.78 is 37.2. The second-order valence-electron chi connectivity index (χ2n) is 10.8. The summed E-state index contributed by atoms with van der Waals surface area (Å²) in [6, 6.07) is 12.3. The highest BCUT2D eigenvalue weighted by Crippen LogP contribution is 2.37. The molecule has 1 amide bonds. The van der Waals surface area contributed by atoms with Gasteiger partial charge in [-0.25, -0.2) is 18.1 Å². The highest BCUT2D eigenvalue weighted by Gasteiger charge is 2.39. The molecule has 1 saturated heterocycles. The Hall–Kier alpha value is -2.96. The third-order valence-electron chi connectivity index (χ3n) is 7.71. The van der Waals surface area contributed by atoms with Crippen LogP contribution in [0.1, 0.15) is 23.5 Å². The summed E-state index contributed by atoms with van der Waals surface area (Å²) >= 11 is 6.06. The van der Waals surface area contributed by atoms with E-state index in [-0.39, 0.29) is 35.1 Å². The molecule has 0 aliphatic carbocycles. The SMILES string of the molecule is CN1CC(O)CNS(=O)(=O)c2ccc(-c3ccc(Cl)cc3)cc2OCC2(CCN(C(=O)c3nccn3C)CC2)C1. The first-order valence-corrected chi connectivity index (χ1v) is 15.1. The Bertz CT molecular complexity index is 1470. The number of sulfonamides is 1. The monoisotopic (exact) mass is 587 g/mol. The predicted octanol–water partition coefficient (Wildman–Crippen LogP) is 2.63. The number of rotatable bonds is 2. The van der Waals surface area contributed by atoms with Crippen molar-refractivity contribution in [1.82, 2.24) is 24.1 Å². The summed E-state index contributed by atoms with van der Waals surface area (Å²) in [6.07, 6.45) is 3.78. The Morgan fingerprint density at radius 1 is 1.12 bits per heavy atom. The summed E-state index contributed by atoms with van der Waals surface area (Å²) in [5.41, 5.74) is 1.30. The van der Waals surface area contributed by atoms with Crippen LogP contribution < -0.4 is 9.46 Å². The van der Waals surface area contributed by atoms with Crippen molar-refractivity contribution in [3.05, 3.63) is 65.7 Å². The van der Waals surface area contributed by atoms with E-state index in [9.17, 15) is 18.3 Å². The molecule has 40 heavy (non-hydrogen) atoms. The molecule has 1 fully saturated rings. The number of imidazole rings is 1. The summed E-state index contributed by atoms with van der Waals surface area (Å²) in [4.78, 5) is 21.1. The van der Waals surface area contributed by atoms with Crippen molar-refractivity contribution >= 4 is 27.5 Å². The van der Waals surface area contributed by atoms with E-state index in [0.717, 1.165) is 11.1 Å². The van der Waals surface area contributed by atoms with Gasteiger partial charge in [-0.2, -0.15) is 0 Å². The number of likely N-dealkylation sites (tertiary alicyclic amines) is 1. The number of ether oxygens (including phenoxy) is 1. The maximum atomic E-state index is 13.3. The number of β-amino-alcohol motifs (C(OH)–C–C–N with tert-alkyl or cyclic N) is 1. The van der Waals surface area contributed by atoms with Crippen molar-refractivity contribution in [2.45, 2.75) is 23.8 Å². The standard InChI is InChI=1S/C28H34ClN5O5S/c1-32-17-23(35)16-31-40(37,38)25-8-5-21(20-3-6-22(29)7-4-20)15-24(25)39-19-28(18-32)9-12-34(13-10-28)27(36)26-30-11-14-33(26)2/h3-8,11,14-15,23,31,35H,9-10,12-13,16-19H2,1-2H3. The van der Waals surface area contributed by atoms with Gasteiger partial charge in [0, 0.05) is 62.6 Å². The highest BCUT2D eigenvalue weighted by molar-refractivity contribution is 7.89. The molecule has 1 spiro atoms. The number of aromatic nitrogens is 2. The number of hydrogen-bond donors (Lipinski definition) is 2. The molecule has 0 bridgehead atoms. The molecule has 10 nitrogen and oxygen atoms in total. The molecule has 0 radical (unpaired) electrons. The first-order chi connectivity index (χ1) is 19.1. The van der Waals surface area contributed by atoms with Crippen LogP contribution in [-0.4, -0.2) is 91.3 Å². The van der Waals surface area contributed by atoms with Crippen molar-refractivity contribution < 1.29 is 23.1 Å². The van der Waals surface area contributed by atoms with Crippen molar-refractivity contribution in [2.24, 2.45) is 12.5 Å². The largest absolute Gasteiger partial charge is 0.492 e. The van der Waals surface area contributed by atoms with E-state index in [1.807, 2.05) is 24.1 Å². The van der Waals surface area contributed by atoms with Gasteiger partial charge in [0.15, 0.2) is 5.82 Å². The number of likely N-dealkylation sites (N-methyl/N-ethyl adjacent to an activating group) is 1. The van der Waals surface area contributed by atoms with Gasteiger partial charge in [0.25, 0.3) is 5.91 Å². The quantitative estimate of drug-likeness (QED) is 0.473. The van der Waals surface area contributed by atoms with Crippen LogP contribution in [0.15, 0.2) is 59.8 Å². The van der Waals surface area contributed by atoms with Gasteiger partial charge in [-0.3, -0.25) is 4.79 Å². The fraction of sp³-hybridized carbons (Fsp3) is 0.429. The molecule has 214 valence electrons. The zero-order valence-corrected chi connectivity index (χ0v) is 24.2. The number of aliphatic hydroxyl groups excluding tert-OH is 1. The Balaban J connectivity index is 1.45. The third-order valence-corrected chi connectivity index (χ3v) is 9.42. The van der Waals surface area contributed by atoms with Gasteiger partial charge >= 0.3 is 0 Å². The molecule has 2 aromatic carbocycles. The molecule has 12 heteroatoms. The van der Waals surface area contributed by atoms with Crippen LogP contribution in [0.4, 0.5) is 0 Å².